The summed E-state index contributed by atoms with van der Waals surface area (Å²) in [4.78, 5) is 22.6. The van der Waals surface area contributed by atoms with E-state index < -0.39 is 12.0 Å². The Labute approximate surface area is 132 Å². The fourth-order valence-corrected chi connectivity index (χ4v) is 2.08. The highest BCUT2D eigenvalue weighted by Crippen LogP contribution is 2.23. The van der Waals surface area contributed by atoms with E-state index in [1.54, 1.807) is 42.5 Å². The third kappa shape index (κ3) is 4.23. The molecule has 0 saturated carbocycles. The molecule has 6 heteroatoms. The number of carbonyl (C=O) groups excluding carboxylic acids is 1. The number of anilines is 2. The Morgan fingerprint density at radius 1 is 1.09 bits per heavy atom. The van der Waals surface area contributed by atoms with Crippen LogP contribution in [0.1, 0.15) is 11.1 Å². The summed E-state index contributed by atoms with van der Waals surface area (Å²) < 4.78 is 0. The minimum atomic E-state index is -0.894. The zero-order valence-electron chi connectivity index (χ0n) is 11.9. The summed E-state index contributed by atoms with van der Waals surface area (Å²) in [5, 5.41) is 14.7. The van der Waals surface area contributed by atoms with E-state index in [1.165, 1.54) is 0 Å². The largest absolute Gasteiger partial charge is 0.481 e. The van der Waals surface area contributed by atoms with Crippen molar-refractivity contribution >= 4 is 35.0 Å². The molecule has 0 heterocycles. The van der Waals surface area contributed by atoms with E-state index in [0.717, 1.165) is 5.56 Å². The van der Waals surface area contributed by atoms with Crippen molar-refractivity contribution in [3.05, 3.63) is 58.6 Å². The molecule has 22 heavy (non-hydrogen) atoms. The lowest BCUT2D eigenvalue weighted by molar-refractivity contribution is -0.136. The Balaban J connectivity index is 2.00. The SMILES string of the molecule is Cc1c(Cl)cccc1NC(=O)Nc1ccc(CC(=O)O)cc1. The van der Waals surface area contributed by atoms with Crippen LogP contribution in [-0.4, -0.2) is 17.1 Å². The average molecular weight is 319 g/mol. The van der Waals surface area contributed by atoms with Gasteiger partial charge in [0, 0.05) is 16.4 Å². The van der Waals surface area contributed by atoms with E-state index in [4.69, 9.17) is 16.7 Å². The van der Waals surface area contributed by atoms with Crippen LogP contribution in [0.15, 0.2) is 42.5 Å². The molecule has 0 fully saturated rings. The summed E-state index contributed by atoms with van der Waals surface area (Å²) in [5.74, 6) is -0.894. The van der Waals surface area contributed by atoms with E-state index in [2.05, 4.69) is 10.6 Å². The summed E-state index contributed by atoms with van der Waals surface area (Å²) >= 11 is 6.00. The molecule has 114 valence electrons. The molecular formula is C16H15ClN2O3. The monoisotopic (exact) mass is 318 g/mol. The topological polar surface area (TPSA) is 78.4 Å². The minimum Gasteiger partial charge on any atom is -0.481 e. The third-order valence-corrected chi connectivity index (χ3v) is 3.49. The van der Waals surface area contributed by atoms with Gasteiger partial charge in [-0.15, -0.1) is 0 Å². The first kappa shape index (κ1) is 15.9. The maximum Gasteiger partial charge on any atom is 0.323 e. The molecule has 0 unspecified atom stereocenters. The van der Waals surface area contributed by atoms with Crippen LogP contribution in [0.2, 0.25) is 5.02 Å². The van der Waals surface area contributed by atoms with Crippen LogP contribution in [0, 0.1) is 6.92 Å². The van der Waals surface area contributed by atoms with Gasteiger partial charge in [-0.3, -0.25) is 4.79 Å². The number of halogens is 1. The van der Waals surface area contributed by atoms with Crippen LogP contribution in [0.25, 0.3) is 0 Å². The molecule has 5 nitrogen and oxygen atoms in total. The van der Waals surface area contributed by atoms with E-state index in [-0.39, 0.29) is 6.42 Å². The average Bonchev–Trinajstić information content (AvgIpc) is 2.45. The second-order valence-corrected chi connectivity index (χ2v) is 5.17. The van der Waals surface area contributed by atoms with E-state index >= 15 is 0 Å². The molecule has 0 atom stereocenters. The molecule has 2 aromatic rings. The van der Waals surface area contributed by atoms with Crippen molar-refractivity contribution < 1.29 is 14.7 Å². The van der Waals surface area contributed by atoms with Gasteiger partial charge in [0.1, 0.15) is 0 Å². The quantitative estimate of drug-likeness (QED) is 0.799. The van der Waals surface area contributed by atoms with Gasteiger partial charge in [-0.05, 0) is 42.3 Å². The fraction of sp³-hybridized carbons (Fsp3) is 0.125. The van der Waals surface area contributed by atoms with Crippen molar-refractivity contribution in [2.24, 2.45) is 0 Å². The van der Waals surface area contributed by atoms with Gasteiger partial charge < -0.3 is 15.7 Å². The summed E-state index contributed by atoms with van der Waals surface area (Å²) in [6.45, 7) is 1.82. The number of aliphatic carboxylic acids is 1. The van der Waals surface area contributed by atoms with Gasteiger partial charge in [0.25, 0.3) is 0 Å². The number of hydrogen-bond acceptors (Lipinski definition) is 2. The highest BCUT2D eigenvalue weighted by atomic mass is 35.5. The molecule has 0 aliphatic heterocycles. The smallest absolute Gasteiger partial charge is 0.323 e. The Morgan fingerprint density at radius 2 is 1.77 bits per heavy atom. The van der Waals surface area contributed by atoms with Crippen molar-refractivity contribution in [2.75, 3.05) is 10.6 Å². The molecule has 0 bridgehead atoms. The highest BCUT2D eigenvalue weighted by Gasteiger charge is 2.07. The van der Waals surface area contributed by atoms with Crippen molar-refractivity contribution in [2.45, 2.75) is 13.3 Å². The van der Waals surface area contributed by atoms with Gasteiger partial charge in [-0.1, -0.05) is 29.8 Å². The molecule has 0 radical (unpaired) electrons. The number of benzene rings is 2. The molecule has 0 aliphatic carbocycles. The first-order valence-electron chi connectivity index (χ1n) is 6.59. The Hall–Kier alpha value is -2.53. The lowest BCUT2D eigenvalue weighted by Gasteiger charge is -2.11. The third-order valence-electron chi connectivity index (χ3n) is 3.08. The first-order valence-corrected chi connectivity index (χ1v) is 6.97. The van der Waals surface area contributed by atoms with Crippen LogP contribution >= 0.6 is 11.6 Å². The lowest BCUT2D eigenvalue weighted by atomic mass is 10.1. The van der Waals surface area contributed by atoms with E-state index in [0.29, 0.717) is 22.0 Å². The number of hydrogen-bond donors (Lipinski definition) is 3. The van der Waals surface area contributed by atoms with Crippen molar-refractivity contribution in [3.8, 4) is 0 Å². The summed E-state index contributed by atoms with van der Waals surface area (Å²) in [6.07, 6.45) is -0.0474. The van der Waals surface area contributed by atoms with Gasteiger partial charge in [0.15, 0.2) is 0 Å². The van der Waals surface area contributed by atoms with E-state index in [1.807, 2.05) is 6.92 Å². The molecule has 0 spiro atoms. The predicted molar refractivity (Wildman–Crippen MR) is 86.6 cm³/mol. The van der Waals surface area contributed by atoms with E-state index in [9.17, 15) is 9.59 Å². The lowest BCUT2D eigenvalue weighted by Crippen LogP contribution is -2.20. The second kappa shape index (κ2) is 6.95. The summed E-state index contributed by atoms with van der Waals surface area (Å²) in [7, 11) is 0. The Morgan fingerprint density at radius 3 is 2.41 bits per heavy atom. The zero-order valence-corrected chi connectivity index (χ0v) is 12.6. The minimum absolute atomic E-state index is 0.0474. The number of amides is 2. The summed E-state index contributed by atoms with van der Waals surface area (Å²) in [6, 6.07) is 11.5. The Bertz CT molecular complexity index is 699. The van der Waals surface area contributed by atoms with Gasteiger partial charge in [-0.25, -0.2) is 4.79 Å². The molecule has 3 N–H and O–H groups in total. The molecule has 2 aromatic carbocycles. The first-order chi connectivity index (χ1) is 10.5. The van der Waals surface area contributed by atoms with Gasteiger partial charge >= 0.3 is 12.0 Å². The maximum atomic E-state index is 11.9. The predicted octanol–water partition coefficient (Wildman–Crippen LogP) is 3.92. The highest BCUT2D eigenvalue weighted by molar-refractivity contribution is 6.31. The number of urea groups is 1. The van der Waals surface area contributed by atoms with Crippen LogP contribution in [0.5, 0.6) is 0 Å². The zero-order chi connectivity index (χ0) is 16.1. The molecule has 0 saturated heterocycles. The number of carboxylic acid groups (broad SMARTS) is 1. The van der Waals surface area contributed by atoms with Crippen LogP contribution in [0.3, 0.4) is 0 Å². The fourth-order valence-electron chi connectivity index (χ4n) is 1.91. The second-order valence-electron chi connectivity index (χ2n) is 4.76. The number of carbonyl (C=O) groups is 2. The molecule has 0 aromatic heterocycles. The van der Waals surface area contributed by atoms with Crippen molar-refractivity contribution in [1.82, 2.24) is 0 Å². The van der Waals surface area contributed by atoms with Crippen molar-refractivity contribution in [3.63, 3.8) is 0 Å². The van der Waals surface area contributed by atoms with Crippen LogP contribution in [-0.2, 0) is 11.2 Å². The summed E-state index contributed by atoms with van der Waals surface area (Å²) in [5.41, 5.74) is 2.67. The van der Waals surface area contributed by atoms with Crippen LogP contribution < -0.4 is 10.6 Å². The standard InChI is InChI=1S/C16H15ClN2O3/c1-10-13(17)3-2-4-14(10)19-16(22)18-12-7-5-11(6-8-12)9-15(20)21/h2-8H,9H2,1H3,(H,20,21)(H2,18,19,22). The van der Waals surface area contributed by atoms with Crippen LogP contribution in [0.4, 0.5) is 16.2 Å². The molecule has 2 rings (SSSR count). The van der Waals surface area contributed by atoms with Crippen molar-refractivity contribution in [1.29, 1.82) is 0 Å². The number of rotatable bonds is 4. The maximum absolute atomic E-state index is 11.9. The Kier molecular flexibility index (Phi) is 5.01. The normalized spacial score (nSPS) is 10.1. The van der Waals surface area contributed by atoms with Gasteiger partial charge in [0.05, 0.1) is 6.42 Å². The van der Waals surface area contributed by atoms with Gasteiger partial charge in [0.2, 0.25) is 0 Å². The molecular weight excluding hydrogens is 304 g/mol. The number of nitrogens with one attached hydrogen (secondary N) is 2. The molecule has 2 amide bonds. The molecule has 0 aliphatic rings. The van der Waals surface area contributed by atoms with Gasteiger partial charge in [-0.2, -0.15) is 0 Å². The number of carboxylic acids is 1.